The second-order valence-corrected chi connectivity index (χ2v) is 9.08. The average molecular weight is 378 g/mol. The summed E-state index contributed by atoms with van der Waals surface area (Å²) < 4.78 is 6.43. The summed E-state index contributed by atoms with van der Waals surface area (Å²) in [6.45, 7) is 8.86. The maximum Gasteiger partial charge on any atom is 0.222 e. The van der Waals surface area contributed by atoms with Gasteiger partial charge in [0.2, 0.25) is 5.88 Å². The second kappa shape index (κ2) is 5.24. The summed E-state index contributed by atoms with van der Waals surface area (Å²) in [5.74, 6) is 0.717. The standard InChI is InChI=1S/C26H22N2O/c1-25(2)19-9-7-13-27-23(19)16-11-12-18-21(22(16)25)17-14-15-8-5-6-10-20(15)28-24(17)29-26(18,3)4/h5-14H,1-4H3. The topological polar surface area (TPSA) is 35.0 Å². The van der Waals surface area contributed by atoms with E-state index in [1.165, 1.54) is 27.8 Å². The van der Waals surface area contributed by atoms with Crippen LogP contribution in [0.2, 0.25) is 0 Å². The van der Waals surface area contributed by atoms with Crippen LogP contribution in [0.25, 0.3) is 33.3 Å². The van der Waals surface area contributed by atoms with E-state index in [4.69, 9.17) is 14.7 Å². The van der Waals surface area contributed by atoms with Gasteiger partial charge in [-0.15, -0.1) is 0 Å². The number of hydrogen-bond donors (Lipinski definition) is 0. The Bertz CT molecular complexity index is 1330. The van der Waals surface area contributed by atoms with Crippen molar-refractivity contribution in [1.82, 2.24) is 9.97 Å². The summed E-state index contributed by atoms with van der Waals surface area (Å²) >= 11 is 0. The van der Waals surface area contributed by atoms with Gasteiger partial charge in [-0.3, -0.25) is 4.98 Å². The van der Waals surface area contributed by atoms with Gasteiger partial charge in [-0.1, -0.05) is 50.2 Å². The molecule has 0 bridgehead atoms. The summed E-state index contributed by atoms with van der Waals surface area (Å²) in [5.41, 5.74) is 8.85. The van der Waals surface area contributed by atoms with E-state index in [9.17, 15) is 0 Å². The molecule has 3 heterocycles. The van der Waals surface area contributed by atoms with E-state index < -0.39 is 5.60 Å². The molecule has 1 aliphatic heterocycles. The van der Waals surface area contributed by atoms with Crippen molar-refractivity contribution in [2.24, 2.45) is 0 Å². The molecule has 0 radical (unpaired) electrons. The number of rotatable bonds is 0. The molecule has 0 fully saturated rings. The van der Waals surface area contributed by atoms with Gasteiger partial charge in [-0.2, -0.15) is 0 Å². The lowest BCUT2D eigenvalue weighted by Gasteiger charge is -2.37. The number of fused-ring (bicyclic) bond motifs is 8. The Morgan fingerprint density at radius 2 is 1.66 bits per heavy atom. The molecule has 6 rings (SSSR count). The van der Waals surface area contributed by atoms with Crippen LogP contribution in [0.3, 0.4) is 0 Å². The van der Waals surface area contributed by atoms with Crippen LogP contribution in [-0.4, -0.2) is 9.97 Å². The lowest BCUT2D eigenvalue weighted by Crippen LogP contribution is -2.31. The SMILES string of the molecule is CC1(C)Oc2nc3ccccc3cc2-c2c1ccc1c2C(C)(C)c2cccnc2-1. The Morgan fingerprint density at radius 3 is 2.52 bits per heavy atom. The zero-order valence-corrected chi connectivity index (χ0v) is 17.1. The molecule has 0 amide bonds. The Labute approximate surface area is 170 Å². The third-order valence-electron chi connectivity index (χ3n) is 6.53. The molecule has 1 aliphatic carbocycles. The van der Waals surface area contributed by atoms with Gasteiger partial charge >= 0.3 is 0 Å². The molecule has 2 aromatic carbocycles. The highest BCUT2D eigenvalue weighted by Gasteiger charge is 2.44. The zero-order chi connectivity index (χ0) is 20.0. The second-order valence-electron chi connectivity index (χ2n) is 9.08. The normalized spacial score (nSPS) is 17.1. The summed E-state index contributed by atoms with van der Waals surface area (Å²) in [4.78, 5) is 9.64. The number of para-hydroxylation sites is 1. The van der Waals surface area contributed by atoms with Crippen LogP contribution in [-0.2, 0) is 11.0 Å². The van der Waals surface area contributed by atoms with Crippen molar-refractivity contribution in [2.75, 3.05) is 0 Å². The predicted octanol–water partition coefficient (Wildman–Crippen LogP) is 6.23. The molecule has 0 unspecified atom stereocenters. The molecule has 29 heavy (non-hydrogen) atoms. The minimum absolute atomic E-state index is 0.138. The van der Waals surface area contributed by atoms with E-state index >= 15 is 0 Å². The monoisotopic (exact) mass is 378 g/mol. The van der Waals surface area contributed by atoms with E-state index in [0.29, 0.717) is 5.88 Å². The Hall–Kier alpha value is -3.20. The molecule has 2 aromatic heterocycles. The largest absolute Gasteiger partial charge is 0.466 e. The predicted molar refractivity (Wildman–Crippen MR) is 116 cm³/mol. The van der Waals surface area contributed by atoms with Gasteiger partial charge in [-0.25, -0.2) is 4.98 Å². The summed E-state index contributed by atoms with van der Waals surface area (Å²) in [6.07, 6.45) is 1.89. The third-order valence-corrected chi connectivity index (χ3v) is 6.53. The van der Waals surface area contributed by atoms with E-state index in [1.807, 2.05) is 24.4 Å². The molecule has 0 N–H and O–H groups in total. The van der Waals surface area contributed by atoms with E-state index in [0.717, 1.165) is 22.2 Å². The van der Waals surface area contributed by atoms with Gasteiger partial charge in [0.1, 0.15) is 5.60 Å². The van der Waals surface area contributed by atoms with Crippen molar-refractivity contribution in [1.29, 1.82) is 0 Å². The number of nitrogens with zero attached hydrogens (tertiary/aromatic N) is 2. The number of benzene rings is 2. The van der Waals surface area contributed by atoms with Gasteiger partial charge in [0, 0.05) is 33.7 Å². The molecule has 0 spiro atoms. The Kier molecular flexibility index (Phi) is 3.02. The Balaban J connectivity index is 1.76. The molecule has 0 saturated carbocycles. The first-order valence-corrected chi connectivity index (χ1v) is 10.1. The highest BCUT2D eigenvalue weighted by Crippen LogP contribution is 2.56. The summed E-state index contributed by atoms with van der Waals surface area (Å²) in [5, 5.41) is 1.13. The summed E-state index contributed by atoms with van der Waals surface area (Å²) in [6, 6.07) is 19.2. The quantitative estimate of drug-likeness (QED) is 0.364. The minimum atomic E-state index is -0.453. The van der Waals surface area contributed by atoms with Gasteiger partial charge in [0.05, 0.1) is 11.2 Å². The first-order valence-electron chi connectivity index (χ1n) is 10.1. The maximum absolute atomic E-state index is 6.43. The van der Waals surface area contributed by atoms with Gasteiger partial charge in [-0.05, 0) is 48.7 Å². The fourth-order valence-electron chi connectivity index (χ4n) is 5.14. The molecule has 142 valence electrons. The highest BCUT2D eigenvalue weighted by atomic mass is 16.5. The molecule has 2 aliphatic rings. The fourth-order valence-corrected chi connectivity index (χ4v) is 5.14. The number of hydrogen-bond acceptors (Lipinski definition) is 3. The van der Waals surface area contributed by atoms with Crippen molar-refractivity contribution in [3.8, 4) is 28.3 Å². The van der Waals surface area contributed by atoms with Crippen molar-refractivity contribution < 1.29 is 4.74 Å². The van der Waals surface area contributed by atoms with E-state index in [-0.39, 0.29) is 5.41 Å². The van der Waals surface area contributed by atoms with Crippen molar-refractivity contribution in [3.63, 3.8) is 0 Å². The lowest BCUT2D eigenvalue weighted by atomic mass is 9.74. The molecule has 4 aromatic rings. The van der Waals surface area contributed by atoms with Crippen molar-refractivity contribution >= 4 is 10.9 Å². The number of aromatic nitrogens is 2. The average Bonchev–Trinajstić information content (AvgIpc) is 2.94. The van der Waals surface area contributed by atoms with Crippen LogP contribution in [0.5, 0.6) is 5.88 Å². The molecular weight excluding hydrogens is 356 g/mol. The number of ether oxygens (including phenoxy) is 1. The van der Waals surface area contributed by atoms with Crippen LogP contribution in [0.4, 0.5) is 0 Å². The zero-order valence-electron chi connectivity index (χ0n) is 17.1. The molecular formula is C26H22N2O. The van der Waals surface area contributed by atoms with Crippen LogP contribution < -0.4 is 4.74 Å². The van der Waals surface area contributed by atoms with Crippen LogP contribution >= 0.6 is 0 Å². The van der Waals surface area contributed by atoms with Crippen LogP contribution in [0, 0.1) is 0 Å². The first-order chi connectivity index (χ1) is 13.9. The summed E-state index contributed by atoms with van der Waals surface area (Å²) in [7, 11) is 0. The number of pyridine rings is 2. The van der Waals surface area contributed by atoms with Crippen LogP contribution in [0.15, 0.2) is 60.8 Å². The molecule has 3 heteroatoms. The Morgan fingerprint density at radius 1 is 0.828 bits per heavy atom. The molecule has 0 atom stereocenters. The third kappa shape index (κ3) is 2.08. The van der Waals surface area contributed by atoms with Crippen molar-refractivity contribution in [2.45, 2.75) is 38.7 Å². The van der Waals surface area contributed by atoms with Gasteiger partial charge in [0.25, 0.3) is 0 Å². The lowest BCUT2D eigenvalue weighted by molar-refractivity contribution is 0.0994. The molecule has 3 nitrogen and oxygen atoms in total. The van der Waals surface area contributed by atoms with Crippen molar-refractivity contribution in [3.05, 3.63) is 77.5 Å². The van der Waals surface area contributed by atoms with Crippen LogP contribution in [0.1, 0.15) is 44.4 Å². The smallest absolute Gasteiger partial charge is 0.222 e. The van der Waals surface area contributed by atoms with E-state index in [2.05, 4.69) is 64.1 Å². The van der Waals surface area contributed by atoms with E-state index in [1.54, 1.807) is 0 Å². The van der Waals surface area contributed by atoms with Gasteiger partial charge in [0.15, 0.2) is 0 Å². The maximum atomic E-state index is 6.43. The fraction of sp³-hybridized carbons (Fsp3) is 0.231. The van der Waals surface area contributed by atoms with Gasteiger partial charge < -0.3 is 4.74 Å². The molecule has 0 saturated heterocycles. The highest BCUT2D eigenvalue weighted by molar-refractivity contribution is 5.94. The minimum Gasteiger partial charge on any atom is -0.466 e. The first kappa shape index (κ1) is 16.7.